The summed E-state index contributed by atoms with van der Waals surface area (Å²) in [6, 6.07) is 17.5. The third-order valence-electron chi connectivity index (χ3n) is 4.27. The molecule has 5 nitrogen and oxygen atoms in total. The predicted molar refractivity (Wildman–Crippen MR) is 106 cm³/mol. The van der Waals surface area contributed by atoms with Gasteiger partial charge < -0.3 is 9.73 Å². The smallest absolute Gasteiger partial charge is 0.255 e. The summed E-state index contributed by atoms with van der Waals surface area (Å²) in [5.41, 5.74) is 2.39. The van der Waals surface area contributed by atoms with Crippen LogP contribution in [0, 0.1) is 0 Å². The topological polar surface area (TPSA) is 60.1 Å². The standard InChI is InChI=1S/C21H19N3O2S/c1-15(18-9-5-11-26-18)22-21(25)17-14-24(13-16-7-3-2-4-8-16)23-20(17)19-10-6-12-27-19/h2-12,14-15H,13H2,1H3,(H,22,25)/t15-/m0/s1. The Hall–Kier alpha value is -3.12. The summed E-state index contributed by atoms with van der Waals surface area (Å²) >= 11 is 1.57. The SMILES string of the molecule is C[C@H](NC(=O)c1cn(Cc2ccccc2)nc1-c1cccs1)c1ccco1. The van der Waals surface area contributed by atoms with E-state index in [-0.39, 0.29) is 11.9 Å². The molecule has 3 heterocycles. The number of aromatic nitrogens is 2. The van der Waals surface area contributed by atoms with Gasteiger partial charge in [-0.25, -0.2) is 0 Å². The molecule has 1 N–H and O–H groups in total. The molecule has 0 radical (unpaired) electrons. The molecule has 0 aliphatic carbocycles. The van der Waals surface area contributed by atoms with Crippen LogP contribution in [0.2, 0.25) is 0 Å². The molecule has 6 heteroatoms. The van der Waals surface area contributed by atoms with E-state index in [0.29, 0.717) is 17.8 Å². The van der Waals surface area contributed by atoms with E-state index in [1.54, 1.807) is 17.6 Å². The normalized spacial score (nSPS) is 12.0. The van der Waals surface area contributed by atoms with Crippen LogP contribution < -0.4 is 5.32 Å². The van der Waals surface area contributed by atoms with Crippen LogP contribution in [-0.4, -0.2) is 15.7 Å². The second-order valence-corrected chi connectivity index (χ2v) is 7.21. The minimum absolute atomic E-state index is 0.165. The lowest BCUT2D eigenvalue weighted by atomic mass is 10.2. The number of benzene rings is 1. The fourth-order valence-electron chi connectivity index (χ4n) is 2.92. The van der Waals surface area contributed by atoms with Gasteiger partial charge in [-0.3, -0.25) is 9.48 Å². The summed E-state index contributed by atoms with van der Waals surface area (Å²) in [7, 11) is 0. The summed E-state index contributed by atoms with van der Waals surface area (Å²) in [5, 5.41) is 9.66. The molecule has 0 aliphatic rings. The fraction of sp³-hybridized carbons (Fsp3) is 0.143. The monoisotopic (exact) mass is 377 g/mol. The quantitative estimate of drug-likeness (QED) is 0.528. The molecule has 136 valence electrons. The van der Waals surface area contributed by atoms with Crippen LogP contribution >= 0.6 is 11.3 Å². The van der Waals surface area contributed by atoms with E-state index in [1.165, 1.54) is 0 Å². The Labute approximate surface area is 161 Å². The number of hydrogen-bond acceptors (Lipinski definition) is 4. The summed E-state index contributed by atoms with van der Waals surface area (Å²) in [6.45, 7) is 2.51. The second-order valence-electron chi connectivity index (χ2n) is 6.26. The summed E-state index contributed by atoms with van der Waals surface area (Å²) < 4.78 is 7.20. The molecule has 0 fully saturated rings. The molecule has 3 aromatic heterocycles. The number of carbonyl (C=O) groups is 1. The Kier molecular flexibility index (Phi) is 4.89. The summed E-state index contributed by atoms with van der Waals surface area (Å²) in [6.07, 6.45) is 3.42. The van der Waals surface area contributed by atoms with Gasteiger partial charge in [-0.05, 0) is 36.1 Å². The van der Waals surface area contributed by atoms with Gasteiger partial charge in [0.15, 0.2) is 0 Å². The molecule has 0 bridgehead atoms. The molecular formula is C21H19N3O2S. The Balaban J connectivity index is 1.62. The number of nitrogens with zero attached hydrogens (tertiary/aromatic N) is 2. The fourth-order valence-corrected chi connectivity index (χ4v) is 3.64. The number of hydrogen-bond donors (Lipinski definition) is 1. The maximum absolute atomic E-state index is 12.9. The zero-order valence-corrected chi connectivity index (χ0v) is 15.6. The molecule has 0 aliphatic heterocycles. The van der Waals surface area contributed by atoms with Gasteiger partial charge in [0.1, 0.15) is 11.5 Å². The average molecular weight is 377 g/mol. The van der Waals surface area contributed by atoms with Crippen molar-refractivity contribution in [3.05, 3.63) is 89.3 Å². The zero-order valence-electron chi connectivity index (χ0n) is 14.8. The van der Waals surface area contributed by atoms with Gasteiger partial charge in [0, 0.05) is 6.20 Å². The first-order valence-corrected chi connectivity index (χ1v) is 9.58. The van der Waals surface area contributed by atoms with E-state index in [0.717, 1.165) is 16.2 Å². The lowest BCUT2D eigenvalue weighted by Crippen LogP contribution is -2.26. The van der Waals surface area contributed by atoms with Crippen molar-refractivity contribution in [2.45, 2.75) is 19.5 Å². The molecule has 1 atom stereocenters. The van der Waals surface area contributed by atoms with E-state index < -0.39 is 0 Å². The van der Waals surface area contributed by atoms with E-state index in [4.69, 9.17) is 4.42 Å². The third-order valence-corrected chi connectivity index (χ3v) is 5.14. The molecule has 1 amide bonds. The van der Waals surface area contributed by atoms with Crippen molar-refractivity contribution in [3.63, 3.8) is 0 Å². The Morgan fingerprint density at radius 3 is 2.74 bits per heavy atom. The molecule has 0 saturated carbocycles. The van der Waals surface area contributed by atoms with Crippen LogP contribution in [0.15, 0.2) is 76.9 Å². The van der Waals surface area contributed by atoms with Gasteiger partial charge in [0.05, 0.1) is 29.3 Å². The van der Waals surface area contributed by atoms with Crippen molar-refractivity contribution in [2.24, 2.45) is 0 Å². The van der Waals surface area contributed by atoms with Crippen LogP contribution in [0.4, 0.5) is 0 Å². The van der Waals surface area contributed by atoms with Crippen molar-refractivity contribution in [1.29, 1.82) is 0 Å². The number of thiophene rings is 1. The first-order valence-electron chi connectivity index (χ1n) is 8.70. The molecule has 0 unspecified atom stereocenters. The Bertz CT molecular complexity index is 1010. The highest BCUT2D eigenvalue weighted by Crippen LogP contribution is 2.27. The molecule has 4 rings (SSSR count). The molecule has 1 aromatic carbocycles. The number of rotatable bonds is 6. The third kappa shape index (κ3) is 3.85. The van der Waals surface area contributed by atoms with Crippen LogP contribution in [0.1, 0.15) is 34.6 Å². The first kappa shape index (κ1) is 17.3. The average Bonchev–Trinajstić information content (AvgIpc) is 3.43. The van der Waals surface area contributed by atoms with Crippen molar-refractivity contribution in [2.75, 3.05) is 0 Å². The van der Waals surface area contributed by atoms with Crippen molar-refractivity contribution in [1.82, 2.24) is 15.1 Å². The number of amides is 1. The van der Waals surface area contributed by atoms with E-state index >= 15 is 0 Å². The van der Waals surface area contributed by atoms with E-state index in [1.807, 2.05) is 77.8 Å². The lowest BCUT2D eigenvalue weighted by molar-refractivity contribution is 0.0936. The lowest BCUT2D eigenvalue weighted by Gasteiger charge is -2.11. The minimum Gasteiger partial charge on any atom is -0.467 e. The molecule has 0 saturated heterocycles. The van der Waals surface area contributed by atoms with Gasteiger partial charge in [-0.1, -0.05) is 36.4 Å². The van der Waals surface area contributed by atoms with Crippen LogP contribution in [-0.2, 0) is 6.54 Å². The highest BCUT2D eigenvalue weighted by atomic mass is 32.1. The molecular weight excluding hydrogens is 358 g/mol. The van der Waals surface area contributed by atoms with E-state index in [9.17, 15) is 4.79 Å². The zero-order chi connectivity index (χ0) is 18.6. The van der Waals surface area contributed by atoms with Crippen LogP contribution in [0.25, 0.3) is 10.6 Å². The maximum atomic E-state index is 12.9. The second kappa shape index (κ2) is 7.63. The van der Waals surface area contributed by atoms with Crippen molar-refractivity contribution >= 4 is 17.2 Å². The van der Waals surface area contributed by atoms with Gasteiger partial charge in [0.2, 0.25) is 0 Å². The number of carbonyl (C=O) groups excluding carboxylic acids is 1. The number of furan rings is 1. The largest absolute Gasteiger partial charge is 0.467 e. The van der Waals surface area contributed by atoms with Crippen molar-refractivity contribution in [3.8, 4) is 10.6 Å². The van der Waals surface area contributed by atoms with Crippen LogP contribution in [0.5, 0.6) is 0 Å². The van der Waals surface area contributed by atoms with Gasteiger partial charge in [-0.15, -0.1) is 11.3 Å². The molecule has 27 heavy (non-hydrogen) atoms. The minimum atomic E-state index is -0.221. The first-order chi connectivity index (χ1) is 13.2. The maximum Gasteiger partial charge on any atom is 0.255 e. The summed E-state index contributed by atoms with van der Waals surface area (Å²) in [5.74, 6) is 0.555. The van der Waals surface area contributed by atoms with Crippen molar-refractivity contribution < 1.29 is 9.21 Å². The van der Waals surface area contributed by atoms with Crippen LogP contribution in [0.3, 0.4) is 0 Å². The van der Waals surface area contributed by atoms with Gasteiger partial charge in [-0.2, -0.15) is 5.10 Å². The van der Waals surface area contributed by atoms with Gasteiger partial charge in [0.25, 0.3) is 5.91 Å². The number of nitrogens with one attached hydrogen (secondary N) is 1. The molecule has 0 spiro atoms. The van der Waals surface area contributed by atoms with E-state index in [2.05, 4.69) is 10.4 Å². The predicted octanol–water partition coefficient (Wildman–Crippen LogP) is 4.74. The highest BCUT2D eigenvalue weighted by molar-refractivity contribution is 7.13. The molecule has 4 aromatic rings. The highest BCUT2D eigenvalue weighted by Gasteiger charge is 2.21. The summed E-state index contributed by atoms with van der Waals surface area (Å²) in [4.78, 5) is 13.9. The Morgan fingerprint density at radius 1 is 1.19 bits per heavy atom. The van der Waals surface area contributed by atoms with Gasteiger partial charge >= 0.3 is 0 Å². The Morgan fingerprint density at radius 2 is 2.04 bits per heavy atom.